The maximum absolute atomic E-state index is 13.5. The zero-order valence-corrected chi connectivity index (χ0v) is 10.2. The average molecular weight is 239 g/mol. The second-order valence-corrected chi connectivity index (χ2v) is 4.15. The summed E-state index contributed by atoms with van der Waals surface area (Å²) < 4.78 is 24.5. The molecule has 0 spiro atoms. The van der Waals surface area contributed by atoms with Crippen molar-refractivity contribution in [2.75, 3.05) is 26.8 Å². The number of morpholine rings is 1. The molecule has 0 bridgehead atoms. The smallest absolute Gasteiger partial charge is 0.130 e. The molecule has 1 aliphatic rings. The monoisotopic (exact) mass is 239 g/mol. The molecule has 2 atom stereocenters. The van der Waals surface area contributed by atoms with E-state index in [4.69, 9.17) is 9.47 Å². The maximum Gasteiger partial charge on any atom is 0.130 e. The topological polar surface area (TPSA) is 30.5 Å². The fraction of sp³-hybridized carbons (Fsp3) is 0.538. The van der Waals surface area contributed by atoms with Crippen LogP contribution in [0.15, 0.2) is 18.2 Å². The fourth-order valence-electron chi connectivity index (χ4n) is 2.14. The van der Waals surface area contributed by atoms with Crippen LogP contribution in [0.2, 0.25) is 0 Å². The van der Waals surface area contributed by atoms with Crippen LogP contribution in [0.4, 0.5) is 4.39 Å². The van der Waals surface area contributed by atoms with Crippen LogP contribution < -0.4 is 10.1 Å². The standard InChI is InChI=1S/C13H18FNO2/c1-9(14)10-4-3-5-11(13(10)16-2)12-8-15-6-7-17-12/h3-5,9,12,15H,6-8H2,1-2H3. The van der Waals surface area contributed by atoms with E-state index in [1.165, 1.54) is 6.92 Å². The maximum atomic E-state index is 13.5. The molecule has 0 saturated carbocycles. The summed E-state index contributed by atoms with van der Waals surface area (Å²) in [6.07, 6.45) is -1.10. The van der Waals surface area contributed by atoms with Crippen LogP contribution in [-0.4, -0.2) is 26.8 Å². The van der Waals surface area contributed by atoms with Gasteiger partial charge in [-0.3, -0.25) is 0 Å². The van der Waals surface area contributed by atoms with E-state index in [2.05, 4.69) is 5.32 Å². The van der Waals surface area contributed by atoms with E-state index in [0.29, 0.717) is 17.9 Å². The Balaban J connectivity index is 2.35. The average Bonchev–Trinajstić information content (AvgIpc) is 2.38. The molecular formula is C13H18FNO2. The summed E-state index contributed by atoms with van der Waals surface area (Å²) in [5.41, 5.74) is 1.50. The number of methoxy groups -OCH3 is 1. The Hall–Kier alpha value is -1.13. The van der Waals surface area contributed by atoms with Crippen molar-refractivity contribution in [3.8, 4) is 5.75 Å². The van der Waals surface area contributed by atoms with Gasteiger partial charge in [0.1, 0.15) is 11.9 Å². The van der Waals surface area contributed by atoms with Gasteiger partial charge in [0.15, 0.2) is 0 Å². The number of alkyl halides is 1. The summed E-state index contributed by atoms with van der Waals surface area (Å²) in [7, 11) is 1.57. The van der Waals surface area contributed by atoms with Crippen LogP contribution in [-0.2, 0) is 4.74 Å². The lowest BCUT2D eigenvalue weighted by Crippen LogP contribution is -2.33. The van der Waals surface area contributed by atoms with E-state index in [-0.39, 0.29) is 6.10 Å². The molecule has 2 rings (SSSR count). The van der Waals surface area contributed by atoms with Gasteiger partial charge < -0.3 is 14.8 Å². The summed E-state index contributed by atoms with van der Waals surface area (Å²) in [4.78, 5) is 0. The summed E-state index contributed by atoms with van der Waals surface area (Å²) >= 11 is 0. The van der Waals surface area contributed by atoms with Crippen LogP contribution in [0.3, 0.4) is 0 Å². The zero-order valence-electron chi connectivity index (χ0n) is 10.2. The summed E-state index contributed by atoms with van der Waals surface area (Å²) in [6.45, 7) is 3.78. The predicted octanol–water partition coefficient (Wildman–Crippen LogP) is 2.39. The highest BCUT2D eigenvalue weighted by Gasteiger charge is 2.22. The van der Waals surface area contributed by atoms with Gasteiger partial charge in [0.05, 0.1) is 19.8 Å². The number of rotatable bonds is 3. The number of para-hydroxylation sites is 1. The van der Waals surface area contributed by atoms with Gasteiger partial charge in [0, 0.05) is 24.2 Å². The molecule has 1 fully saturated rings. The first-order valence-corrected chi connectivity index (χ1v) is 5.87. The van der Waals surface area contributed by atoms with Crippen LogP contribution in [0, 0.1) is 0 Å². The van der Waals surface area contributed by atoms with Gasteiger partial charge >= 0.3 is 0 Å². The van der Waals surface area contributed by atoms with Gasteiger partial charge in [-0.25, -0.2) is 4.39 Å². The van der Waals surface area contributed by atoms with Crippen LogP contribution in [0.5, 0.6) is 5.75 Å². The molecule has 1 N–H and O–H groups in total. The molecule has 0 aromatic heterocycles. The molecule has 94 valence electrons. The Bertz CT molecular complexity index is 376. The molecule has 1 heterocycles. The number of halogens is 1. The number of ether oxygens (including phenoxy) is 2. The van der Waals surface area contributed by atoms with E-state index >= 15 is 0 Å². The predicted molar refractivity (Wildman–Crippen MR) is 64.1 cm³/mol. The third-order valence-corrected chi connectivity index (χ3v) is 2.98. The van der Waals surface area contributed by atoms with E-state index in [9.17, 15) is 4.39 Å². The van der Waals surface area contributed by atoms with Crippen LogP contribution >= 0.6 is 0 Å². The quantitative estimate of drug-likeness (QED) is 0.878. The highest BCUT2D eigenvalue weighted by molar-refractivity contribution is 5.44. The Morgan fingerprint density at radius 3 is 2.94 bits per heavy atom. The molecule has 1 aliphatic heterocycles. The number of hydrogen-bond acceptors (Lipinski definition) is 3. The largest absolute Gasteiger partial charge is 0.496 e. The third-order valence-electron chi connectivity index (χ3n) is 2.98. The number of nitrogens with one attached hydrogen (secondary N) is 1. The van der Waals surface area contributed by atoms with E-state index in [0.717, 1.165) is 18.7 Å². The summed E-state index contributed by atoms with van der Waals surface area (Å²) in [5.74, 6) is 0.608. The second kappa shape index (κ2) is 5.47. The molecule has 3 nitrogen and oxygen atoms in total. The second-order valence-electron chi connectivity index (χ2n) is 4.15. The SMILES string of the molecule is COc1c(C(C)F)cccc1C1CNCCO1. The molecule has 4 heteroatoms. The van der Waals surface area contributed by atoms with Gasteiger partial charge in [0.2, 0.25) is 0 Å². The number of hydrogen-bond donors (Lipinski definition) is 1. The highest BCUT2D eigenvalue weighted by Crippen LogP contribution is 2.35. The lowest BCUT2D eigenvalue weighted by Gasteiger charge is -2.26. The van der Waals surface area contributed by atoms with Gasteiger partial charge in [-0.1, -0.05) is 18.2 Å². The molecule has 1 aromatic rings. The molecule has 0 amide bonds. The molecule has 2 unspecified atom stereocenters. The van der Waals surface area contributed by atoms with Crippen molar-refractivity contribution in [2.45, 2.75) is 19.2 Å². The Kier molecular flexibility index (Phi) is 3.97. The number of benzene rings is 1. The van der Waals surface area contributed by atoms with Gasteiger partial charge in [-0.05, 0) is 6.92 Å². The lowest BCUT2D eigenvalue weighted by molar-refractivity contribution is 0.0261. The van der Waals surface area contributed by atoms with Crippen molar-refractivity contribution < 1.29 is 13.9 Å². The highest BCUT2D eigenvalue weighted by atomic mass is 19.1. The summed E-state index contributed by atoms with van der Waals surface area (Å²) in [5, 5.41) is 3.26. The van der Waals surface area contributed by atoms with Crippen LogP contribution in [0.25, 0.3) is 0 Å². The molecule has 17 heavy (non-hydrogen) atoms. The third kappa shape index (κ3) is 2.58. The molecule has 0 aliphatic carbocycles. The molecule has 1 aromatic carbocycles. The van der Waals surface area contributed by atoms with Gasteiger partial charge in [-0.15, -0.1) is 0 Å². The first kappa shape index (κ1) is 12.3. The molecule has 0 radical (unpaired) electrons. The normalized spacial score (nSPS) is 22.2. The van der Waals surface area contributed by atoms with Gasteiger partial charge in [-0.2, -0.15) is 0 Å². The summed E-state index contributed by atoms with van der Waals surface area (Å²) in [6, 6.07) is 5.53. The van der Waals surface area contributed by atoms with E-state index < -0.39 is 6.17 Å². The first-order chi connectivity index (χ1) is 8.24. The lowest BCUT2D eigenvalue weighted by atomic mass is 10.0. The minimum atomic E-state index is -1.04. The fourth-order valence-corrected chi connectivity index (χ4v) is 2.14. The van der Waals surface area contributed by atoms with Crippen molar-refractivity contribution in [2.24, 2.45) is 0 Å². The van der Waals surface area contributed by atoms with Crippen molar-refractivity contribution in [3.63, 3.8) is 0 Å². The molecular weight excluding hydrogens is 221 g/mol. The molecule has 1 saturated heterocycles. The zero-order chi connectivity index (χ0) is 12.3. The Labute approximate surface area is 101 Å². The Morgan fingerprint density at radius 2 is 2.35 bits per heavy atom. The van der Waals surface area contributed by atoms with Crippen molar-refractivity contribution >= 4 is 0 Å². The van der Waals surface area contributed by atoms with Crippen molar-refractivity contribution in [1.29, 1.82) is 0 Å². The first-order valence-electron chi connectivity index (χ1n) is 5.87. The van der Waals surface area contributed by atoms with E-state index in [1.807, 2.05) is 12.1 Å². The minimum absolute atomic E-state index is 0.0580. The van der Waals surface area contributed by atoms with Crippen LogP contribution in [0.1, 0.15) is 30.3 Å². The minimum Gasteiger partial charge on any atom is -0.496 e. The van der Waals surface area contributed by atoms with Gasteiger partial charge in [0.25, 0.3) is 0 Å². The van der Waals surface area contributed by atoms with Crippen molar-refractivity contribution in [1.82, 2.24) is 5.32 Å². The van der Waals surface area contributed by atoms with Crippen molar-refractivity contribution in [3.05, 3.63) is 29.3 Å². The van der Waals surface area contributed by atoms with E-state index in [1.54, 1.807) is 13.2 Å². The Morgan fingerprint density at radius 1 is 1.53 bits per heavy atom.